The Balaban J connectivity index is 1.74. The number of aromatic amines is 1. The molecule has 0 saturated heterocycles. The fourth-order valence-electron chi connectivity index (χ4n) is 2.21. The van der Waals surface area contributed by atoms with Gasteiger partial charge in [0.1, 0.15) is 5.82 Å². The van der Waals surface area contributed by atoms with E-state index in [0.29, 0.717) is 11.3 Å². The SMILES string of the molecule is O=C(Cc1ccc(F)cc1)Nc1ccc2nc(C(F)(F)F)[nH]c2c1. The van der Waals surface area contributed by atoms with Crippen LogP contribution in [-0.2, 0) is 17.4 Å². The fourth-order valence-corrected chi connectivity index (χ4v) is 2.21. The van der Waals surface area contributed by atoms with E-state index in [4.69, 9.17) is 0 Å². The monoisotopic (exact) mass is 337 g/mol. The van der Waals surface area contributed by atoms with Crippen LogP contribution in [0.25, 0.3) is 11.0 Å². The first-order valence-corrected chi connectivity index (χ1v) is 6.92. The van der Waals surface area contributed by atoms with Crippen LogP contribution in [0.4, 0.5) is 23.2 Å². The smallest absolute Gasteiger partial charge is 0.334 e. The Kier molecular flexibility index (Phi) is 3.96. The van der Waals surface area contributed by atoms with E-state index in [1.165, 1.54) is 42.5 Å². The van der Waals surface area contributed by atoms with Crippen LogP contribution >= 0.6 is 0 Å². The average Bonchev–Trinajstić information content (AvgIpc) is 2.93. The van der Waals surface area contributed by atoms with Gasteiger partial charge in [-0.15, -0.1) is 0 Å². The number of carbonyl (C=O) groups is 1. The van der Waals surface area contributed by atoms with Crippen LogP contribution in [-0.4, -0.2) is 15.9 Å². The summed E-state index contributed by atoms with van der Waals surface area (Å²) >= 11 is 0. The molecule has 0 aliphatic heterocycles. The number of aromatic nitrogens is 2. The van der Waals surface area contributed by atoms with Crippen LogP contribution in [0, 0.1) is 5.82 Å². The molecule has 124 valence electrons. The summed E-state index contributed by atoms with van der Waals surface area (Å²) in [5.74, 6) is -1.85. The van der Waals surface area contributed by atoms with E-state index in [2.05, 4.69) is 15.3 Å². The largest absolute Gasteiger partial charge is 0.449 e. The summed E-state index contributed by atoms with van der Waals surface area (Å²) in [5.41, 5.74) is 1.28. The zero-order valence-corrected chi connectivity index (χ0v) is 12.1. The molecule has 4 nitrogen and oxygen atoms in total. The van der Waals surface area contributed by atoms with E-state index < -0.39 is 17.8 Å². The third kappa shape index (κ3) is 3.53. The van der Waals surface area contributed by atoms with Gasteiger partial charge in [0.25, 0.3) is 0 Å². The lowest BCUT2D eigenvalue weighted by atomic mass is 10.1. The number of carbonyl (C=O) groups excluding carboxylic acids is 1. The molecule has 0 aliphatic rings. The van der Waals surface area contributed by atoms with Crippen LogP contribution in [0.5, 0.6) is 0 Å². The number of hydrogen-bond acceptors (Lipinski definition) is 2. The number of benzene rings is 2. The van der Waals surface area contributed by atoms with Gasteiger partial charge in [-0.3, -0.25) is 4.79 Å². The number of anilines is 1. The summed E-state index contributed by atoms with van der Waals surface area (Å²) in [5, 5.41) is 2.58. The molecule has 0 atom stereocenters. The maximum atomic E-state index is 12.8. The standard InChI is InChI=1S/C16H11F4N3O/c17-10-3-1-9(2-4-10)7-14(24)21-11-5-6-12-13(8-11)23-15(22-12)16(18,19)20/h1-6,8H,7H2,(H,21,24)(H,22,23). The highest BCUT2D eigenvalue weighted by atomic mass is 19.4. The van der Waals surface area contributed by atoms with Crippen LogP contribution in [0.15, 0.2) is 42.5 Å². The second kappa shape index (κ2) is 5.95. The summed E-state index contributed by atoms with van der Waals surface area (Å²) in [6.07, 6.45) is -4.54. The number of alkyl halides is 3. The second-order valence-corrected chi connectivity index (χ2v) is 5.17. The van der Waals surface area contributed by atoms with E-state index in [-0.39, 0.29) is 23.4 Å². The van der Waals surface area contributed by atoms with Gasteiger partial charge in [0.2, 0.25) is 11.7 Å². The molecule has 0 saturated carbocycles. The molecule has 3 aromatic rings. The quantitative estimate of drug-likeness (QED) is 0.712. The molecule has 1 amide bonds. The Labute approximate surface area is 133 Å². The lowest BCUT2D eigenvalue weighted by Gasteiger charge is -2.05. The van der Waals surface area contributed by atoms with E-state index in [1.54, 1.807) is 0 Å². The molecular weight excluding hydrogens is 326 g/mol. The van der Waals surface area contributed by atoms with Crippen molar-refractivity contribution in [1.82, 2.24) is 9.97 Å². The lowest BCUT2D eigenvalue weighted by Crippen LogP contribution is -2.14. The third-order valence-electron chi connectivity index (χ3n) is 3.31. The number of fused-ring (bicyclic) bond motifs is 1. The van der Waals surface area contributed by atoms with E-state index >= 15 is 0 Å². The number of halogens is 4. The first-order chi connectivity index (χ1) is 11.3. The van der Waals surface area contributed by atoms with Crippen LogP contribution in [0.2, 0.25) is 0 Å². The fraction of sp³-hybridized carbons (Fsp3) is 0.125. The van der Waals surface area contributed by atoms with Gasteiger partial charge >= 0.3 is 6.18 Å². The van der Waals surface area contributed by atoms with E-state index in [9.17, 15) is 22.4 Å². The highest BCUT2D eigenvalue weighted by molar-refractivity contribution is 5.94. The van der Waals surface area contributed by atoms with Crippen molar-refractivity contribution in [2.45, 2.75) is 12.6 Å². The molecule has 1 heterocycles. The van der Waals surface area contributed by atoms with Crippen molar-refractivity contribution in [3.8, 4) is 0 Å². The van der Waals surface area contributed by atoms with Gasteiger partial charge < -0.3 is 10.3 Å². The Morgan fingerprint density at radius 1 is 1.12 bits per heavy atom. The van der Waals surface area contributed by atoms with Gasteiger partial charge in [0.05, 0.1) is 17.5 Å². The minimum absolute atomic E-state index is 0.0229. The van der Waals surface area contributed by atoms with Crippen molar-refractivity contribution in [3.05, 3.63) is 59.7 Å². The second-order valence-electron chi connectivity index (χ2n) is 5.17. The number of amides is 1. The predicted octanol–water partition coefficient (Wildman–Crippen LogP) is 3.90. The summed E-state index contributed by atoms with van der Waals surface area (Å²) in [6.45, 7) is 0. The van der Waals surface area contributed by atoms with Crippen LogP contribution in [0.3, 0.4) is 0 Å². The molecule has 0 fully saturated rings. The summed E-state index contributed by atoms with van der Waals surface area (Å²) in [6, 6.07) is 9.70. The summed E-state index contributed by atoms with van der Waals surface area (Å²) in [4.78, 5) is 17.6. The topological polar surface area (TPSA) is 57.8 Å². The van der Waals surface area contributed by atoms with Crippen molar-refractivity contribution in [2.24, 2.45) is 0 Å². The molecule has 0 unspecified atom stereocenters. The zero-order chi connectivity index (χ0) is 17.3. The third-order valence-corrected chi connectivity index (χ3v) is 3.31. The molecule has 1 aromatic heterocycles. The highest BCUT2D eigenvalue weighted by Gasteiger charge is 2.34. The Hall–Kier alpha value is -2.90. The summed E-state index contributed by atoms with van der Waals surface area (Å²) in [7, 11) is 0. The van der Waals surface area contributed by atoms with Gasteiger partial charge in [-0.2, -0.15) is 13.2 Å². The van der Waals surface area contributed by atoms with Gasteiger partial charge in [-0.05, 0) is 35.9 Å². The van der Waals surface area contributed by atoms with Crippen LogP contribution in [0.1, 0.15) is 11.4 Å². The molecule has 0 spiro atoms. The number of imidazole rings is 1. The molecule has 24 heavy (non-hydrogen) atoms. The van der Waals surface area contributed by atoms with E-state index in [1.807, 2.05) is 0 Å². The Bertz CT molecular complexity index is 884. The Morgan fingerprint density at radius 3 is 2.50 bits per heavy atom. The molecule has 2 N–H and O–H groups in total. The van der Waals surface area contributed by atoms with Crippen molar-refractivity contribution >= 4 is 22.6 Å². The molecular formula is C16H11F4N3O. The minimum atomic E-state index is -4.56. The Morgan fingerprint density at radius 2 is 1.83 bits per heavy atom. The van der Waals surface area contributed by atoms with Gasteiger partial charge in [0.15, 0.2) is 0 Å². The van der Waals surface area contributed by atoms with Crippen molar-refractivity contribution < 1.29 is 22.4 Å². The van der Waals surface area contributed by atoms with Crippen LogP contribution < -0.4 is 5.32 Å². The number of rotatable bonds is 3. The number of nitrogens with zero attached hydrogens (tertiary/aromatic N) is 1. The molecule has 3 rings (SSSR count). The maximum absolute atomic E-state index is 12.8. The highest BCUT2D eigenvalue weighted by Crippen LogP contribution is 2.29. The van der Waals surface area contributed by atoms with Gasteiger partial charge in [-0.1, -0.05) is 12.1 Å². The average molecular weight is 337 g/mol. The number of hydrogen-bond donors (Lipinski definition) is 2. The maximum Gasteiger partial charge on any atom is 0.449 e. The number of nitrogens with one attached hydrogen (secondary N) is 2. The normalized spacial score (nSPS) is 11.7. The van der Waals surface area contributed by atoms with Crippen molar-refractivity contribution in [1.29, 1.82) is 0 Å². The first-order valence-electron chi connectivity index (χ1n) is 6.92. The van der Waals surface area contributed by atoms with Crippen molar-refractivity contribution in [3.63, 3.8) is 0 Å². The lowest BCUT2D eigenvalue weighted by molar-refractivity contribution is -0.144. The molecule has 0 radical (unpaired) electrons. The molecule has 0 bridgehead atoms. The molecule has 0 aliphatic carbocycles. The number of H-pyrrole nitrogens is 1. The molecule has 2 aromatic carbocycles. The zero-order valence-electron chi connectivity index (χ0n) is 12.1. The molecule has 8 heteroatoms. The van der Waals surface area contributed by atoms with E-state index in [0.717, 1.165) is 0 Å². The van der Waals surface area contributed by atoms with Gasteiger partial charge in [0, 0.05) is 5.69 Å². The first kappa shape index (κ1) is 16.0. The summed E-state index contributed by atoms with van der Waals surface area (Å²) < 4.78 is 50.7. The van der Waals surface area contributed by atoms with Gasteiger partial charge in [-0.25, -0.2) is 9.37 Å². The van der Waals surface area contributed by atoms with Crippen molar-refractivity contribution in [2.75, 3.05) is 5.32 Å². The predicted molar refractivity (Wildman–Crippen MR) is 79.8 cm³/mol. The minimum Gasteiger partial charge on any atom is -0.334 e.